The third-order valence-corrected chi connectivity index (χ3v) is 6.23. The molecule has 0 aliphatic carbocycles. The van der Waals surface area contributed by atoms with Gasteiger partial charge in [-0.15, -0.1) is 0 Å². The molecule has 34 heavy (non-hydrogen) atoms. The number of ether oxygens (including phenoxy) is 3. The zero-order chi connectivity index (χ0) is 23.3. The van der Waals surface area contributed by atoms with Crippen LogP contribution in [0.3, 0.4) is 0 Å². The number of aromatic nitrogens is 2. The van der Waals surface area contributed by atoms with Gasteiger partial charge in [0.2, 0.25) is 0 Å². The van der Waals surface area contributed by atoms with Crippen LogP contribution in [0.1, 0.15) is 12.0 Å². The van der Waals surface area contributed by atoms with Crippen LogP contribution in [0.4, 0.5) is 5.69 Å². The van der Waals surface area contributed by atoms with Gasteiger partial charge in [-0.1, -0.05) is 6.08 Å². The number of rotatable bonds is 6. The highest BCUT2D eigenvalue weighted by molar-refractivity contribution is 5.94. The first-order valence-corrected chi connectivity index (χ1v) is 11.5. The molecule has 0 bridgehead atoms. The van der Waals surface area contributed by atoms with Gasteiger partial charge in [0.25, 0.3) is 0 Å². The minimum absolute atomic E-state index is 0.600. The van der Waals surface area contributed by atoms with Crippen LogP contribution in [0, 0.1) is 0 Å². The molecule has 0 unspecified atom stereocenters. The molecule has 174 valence electrons. The van der Waals surface area contributed by atoms with Crippen LogP contribution in [-0.4, -0.2) is 56.7 Å². The number of fused-ring (bicyclic) bond motifs is 1. The third-order valence-electron chi connectivity index (χ3n) is 6.23. The smallest absolute Gasteiger partial charge is 0.122 e. The molecule has 1 saturated heterocycles. The Hall–Kier alpha value is -3.71. The van der Waals surface area contributed by atoms with Crippen molar-refractivity contribution in [3.8, 4) is 17.0 Å². The fourth-order valence-electron chi connectivity index (χ4n) is 4.44. The van der Waals surface area contributed by atoms with Crippen LogP contribution in [0.25, 0.3) is 22.2 Å². The van der Waals surface area contributed by atoms with Crippen LogP contribution in [0.15, 0.2) is 71.3 Å². The standard InChI is InChI=1S/C27H28N4O3/c1-32-25-9-6-19(15-20(25)16-24-26(33-2)5-3-4-10-28-24)27-22-8-7-21(17-23(22)29-18-30-27)31-11-13-34-14-12-31/h3-4,6-10,15,17-18H,5,11-14,16H2,1-2H3. The van der Waals surface area contributed by atoms with E-state index < -0.39 is 0 Å². The third kappa shape index (κ3) is 4.52. The lowest BCUT2D eigenvalue weighted by Gasteiger charge is -2.29. The number of hydrogen-bond donors (Lipinski definition) is 0. The van der Waals surface area contributed by atoms with E-state index >= 15 is 0 Å². The van der Waals surface area contributed by atoms with Gasteiger partial charge in [0.1, 0.15) is 17.8 Å². The van der Waals surface area contributed by atoms with E-state index in [1.807, 2.05) is 30.5 Å². The second-order valence-corrected chi connectivity index (χ2v) is 8.21. The van der Waals surface area contributed by atoms with E-state index in [9.17, 15) is 0 Å². The van der Waals surface area contributed by atoms with Gasteiger partial charge in [-0.3, -0.25) is 4.99 Å². The number of anilines is 1. The van der Waals surface area contributed by atoms with E-state index in [1.54, 1.807) is 20.5 Å². The predicted molar refractivity (Wildman–Crippen MR) is 135 cm³/mol. The SMILES string of the molecule is COC1=C(Cc2cc(-c3ncnc4cc(N5CCOCC5)ccc34)ccc2OC)N=CC=CC1. The van der Waals surface area contributed by atoms with Crippen molar-refractivity contribution in [3.63, 3.8) is 0 Å². The number of hydrogen-bond acceptors (Lipinski definition) is 7. The molecule has 3 heterocycles. The Labute approximate surface area is 199 Å². The topological polar surface area (TPSA) is 69.1 Å². The summed E-state index contributed by atoms with van der Waals surface area (Å²) in [6.45, 7) is 3.29. The normalized spacial score (nSPS) is 16.1. The molecule has 0 radical (unpaired) electrons. The van der Waals surface area contributed by atoms with Crippen molar-refractivity contribution < 1.29 is 14.2 Å². The Kier molecular flexibility index (Phi) is 6.53. The molecule has 0 saturated carbocycles. The number of aliphatic imine (C=N–C) groups is 1. The van der Waals surface area contributed by atoms with Gasteiger partial charge in [-0.2, -0.15) is 0 Å². The van der Waals surface area contributed by atoms with Crippen molar-refractivity contribution in [1.29, 1.82) is 0 Å². The van der Waals surface area contributed by atoms with Gasteiger partial charge in [-0.25, -0.2) is 9.97 Å². The number of morpholine rings is 1. The van der Waals surface area contributed by atoms with Gasteiger partial charge in [0.15, 0.2) is 0 Å². The number of allylic oxidation sites excluding steroid dienone is 3. The quantitative estimate of drug-likeness (QED) is 0.541. The first-order valence-electron chi connectivity index (χ1n) is 11.5. The molecule has 0 atom stereocenters. The summed E-state index contributed by atoms with van der Waals surface area (Å²) in [6.07, 6.45) is 8.75. The summed E-state index contributed by atoms with van der Waals surface area (Å²) >= 11 is 0. The molecular formula is C27H28N4O3. The molecule has 2 aromatic carbocycles. The van der Waals surface area contributed by atoms with Gasteiger partial charge in [0, 0.05) is 54.3 Å². The molecule has 7 heteroatoms. The number of nitrogens with zero attached hydrogens (tertiary/aromatic N) is 4. The van der Waals surface area contributed by atoms with Crippen molar-refractivity contribution in [2.45, 2.75) is 12.8 Å². The number of methoxy groups -OCH3 is 2. The summed E-state index contributed by atoms with van der Waals surface area (Å²) in [6, 6.07) is 12.6. The van der Waals surface area contributed by atoms with Crippen LogP contribution < -0.4 is 9.64 Å². The van der Waals surface area contributed by atoms with E-state index in [0.717, 1.165) is 83.3 Å². The van der Waals surface area contributed by atoms with Crippen LogP contribution in [0.2, 0.25) is 0 Å². The van der Waals surface area contributed by atoms with Crippen molar-refractivity contribution in [3.05, 3.63) is 71.9 Å². The fraction of sp³-hybridized carbons (Fsp3) is 0.296. The maximum absolute atomic E-state index is 5.67. The second-order valence-electron chi connectivity index (χ2n) is 8.21. The molecule has 3 aromatic rings. The molecule has 1 fully saturated rings. The molecule has 2 aliphatic heterocycles. The Morgan fingerprint density at radius 1 is 1.00 bits per heavy atom. The van der Waals surface area contributed by atoms with Crippen molar-refractivity contribution in [1.82, 2.24) is 9.97 Å². The largest absolute Gasteiger partial charge is 0.499 e. The molecule has 0 amide bonds. The Balaban J connectivity index is 1.52. The van der Waals surface area contributed by atoms with E-state index in [0.29, 0.717) is 6.42 Å². The number of benzene rings is 2. The zero-order valence-electron chi connectivity index (χ0n) is 19.5. The monoisotopic (exact) mass is 456 g/mol. The molecule has 0 N–H and O–H groups in total. The van der Waals surface area contributed by atoms with Gasteiger partial charge < -0.3 is 19.1 Å². The average molecular weight is 457 g/mol. The summed E-state index contributed by atoms with van der Waals surface area (Å²) in [5, 5.41) is 1.02. The van der Waals surface area contributed by atoms with Gasteiger partial charge in [-0.05, 0) is 42.5 Å². The van der Waals surface area contributed by atoms with Crippen molar-refractivity contribution in [2.24, 2.45) is 4.99 Å². The highest BCUT2D eigenvalue weighted by atomic mass is 16.5. The molecule has 1 aromatic heterocycles. The van der Waals surface area contributed by atoms with E-state index in [1.165, 1.54) is 0 Å². The summed E-state index contributed by atoms with van der Waals surface area (Å²) in [5.41, 5.74) is 5.92. The summed E-state index contributed by atoms with van der Waals surface area (Å²) < 4.78 is 16.8. The Morgan fingerprint density at radius 3 is 2.71 bits per heavy atom. The fourth-order valence-corrected chi connectivity index (χ4v) is 4.44. The van der Waals surface area contributed by atoms with Gasteiger partial charge in [0.05, 0.1) is 44.3 Å². The molecule has 7 nitrogen and oxygen atoms in total. The first-order chi connectivity index (χ1) is 16.8. The minimum Gasteiger partial charge on any atom is -0.499 e. The maximum Gasteiger partial charge on any atom is 0.122 e. The lowest BCUT2D eigenvalue weighted by atomic mass is 10.00. The molecule has 0 spiro atoms. The van der Waals surface area contributed by atoms with E-state index in [-0.39, 0.29) is 0 Å². The highest BCUT2D eigenvalue weighted by Gasteiger charge is 2.16. The van der Waals surface area contributed by atoms with E-state index in [2.05, 4.69) is 44.1 Å². The van der Waals surface area contributed by atoms with Crippen LogP contribution in [0.5, 0.6) is 5.75 Å². The molecular weight excluding hydrogens is 428 g/mol. The van der Waals surface area contributed by atoms with Crippen LogP contribution in [-0.2, 0) is 15.9 Å². The summed E-state index contributed by atoms with van der Waals surface area (Å²) in [7, 11) is 3.38. The minimum atomic E-state index is 0.600. The highest BCUT2D eigenvalue weighted by Crippen LogP contribution is 2.33. The van der Waals surface area contributed by atoms with Gasteiger partial charge >= 0.3 is 0 Å². The second kappa shape index (κ2) is 10.1. The lowest BCUT2D eigenvalue weighted by Crippen LogP contribution is -2.36. The summed E-state index contributed by atoms with van der Waals surface area (Å²) in [5.74, 6) is 1.67. The molecule has 5 rings (SSSR count). The first kappa shape index (κ1) is 22.1. The maximum atomic E-state index is 5.67. The molecule has 2 aliphatic rings. The Bertz CT molecular complexity index is 1280. The summed E-state index contributed by atoms with van der Waals surface area (Å²) in [4.78, 5) is 16.1. The predicted octanol–water partition coefficient (Wildman–Crippen LogP) is 4.57. The average Bonchev–Trinajstić information content (AvgIpc) is 3.13. The Morgan fingerprint density at radius 2 is 1.88 bits per heavy atom. The van der Waals surface area contributed by atoms with Crippen LogP contribution >= 0.6 is 0 Å². The van der Waals surface area contributed by atoms with Crippen molar-refractivity contribution in [2.75, 3.05) is 45.4 Å². The van der Waals surface area contributed by atoms with E-state index in [4.69, 9.17) is 14.2 Å². The zero-order valence-corrected chi connectivity index (χ0v) is 19.5. The van der Waals surface area contributed by atoms with Crippen molar-refractivity contribution >= 4 is 22.8 Å². The lowest BCUT2D eigenvalue weighted by molar-refractivity contribution is 0.122.